The van der Waals surface area contributed by atoms with Crippen LogP contribution in [-0.4, -0.2) is 21.3 Å². The van der Waals surface area contributed by atoms with Gasteiger partial charge in [0.25, 0.3) is 10.1 Å². The Labute approximate surface area is 104 Å². The molecular weight excluding hydrogens is 261 g/mol. The van der Waals surface area contributed by atoms with E-state index < -0.39 is 15.9 Å². The van der Waals surface area contributed by atoms with Crippen LogP contribution in [0.4, 0.5) is 4.39 Å². The molecule has 0 aromatic heterocycles. The largest absolute Gasteiger partial charge is 0.491 e. The molecule has 2 rings (SSSR count). The number of halogens is 1. The van der Waals surface area contributed by atoms with Crippen LogP contribution in [-0.2, 0) is 27.3 Å². The maximum Gasteiger partial charge on any atom is 0.264 e. The van der Waals surface area contributed by atoms with Crippen LogP contribution in [0.3, 0.4) is 0 Å². The average molecular weight is 271 g/mol. The summed E-state index contributed by atoms with van der Waals surface area (Å²) in [4.78, 5) is 0. The van der Waals surface area contributed by atoms with Gasteiger partial charge in [0.05, 0.1) is 19.5 Å². The lowest BCUT2D eigenvalue weighted by molar-refractivity contribution is 0.310. The molecule has 7 heteroatoms. The minimum atomic E-state index is -3.60. The summed E-state index contributed by atoms with van der Waals surface area (Å²) in [5.41, 5.74) is 0.881. The van der Waals surface area contributed by atoms with Crippen molar-refractivity contribution < 1.29 is 21.7 Å². The predicted octanol–water partition coefficient (Wildman–Crippen LogP) is 1.11. The molecule has 0 amide bonds. The van der Waals surface area contributed by atoms with E-state index in [2.05, 4.69) is 4.18 Å². The van der Waals surface area contributed by atoms with Crippen molar-refractivity contribution in [3.8, 4) is 11.8 Å². The highest BCUT2D eigenvalue weighted by atomic mass is 32.2. The fraction of sp³-hybridized carbons (Fsp3) is 0.364. The fourth-order valence-corrected chi connectivity index (χ4v) is 2.15. The summed E-state index contributed by atoms with van der Waals surface area (Å²) >= 11 is 0. The molecule has 5 nitrogen and oxygen atoms in total. The molecule has 1 aromatic rings. The van der Waals surface area contributed by atoms with Crippen molar-refractivity contribution >= 4 is 10.1 Å². The minimum Gasteiger partial charge on any atom is -0.491 e. The third kappa shape index (κ3) is 2.44. The number of nitriles is 1. The molecule has 0 radical (unpaired) electrons. The van der Waals surface area contributed by atoms with Crippen molar-refractivity contribution in [1.29, 1.82) is 5.26 Å². The van der Waals surface area contributed by atoms with Crippen molar-refractivity contribution in [1.82, 2.24) is 0 Å². The van der Waals surface area contributed by atoms with Crippen LogP contribution in [0, 0.1) is 17.1 Å². The number of nitrogens with zero attached hydrogens (tertiary/aromatic N) is 1. The molecule has 0 unspecified atom stereocenters. The van der Waals surface area contributed by atoms with E-state index in [1.54, 1.807) is 6.07 Å². The van der Waals surface area contributed by atoms with Crippen LogP contribution < -0.4 is 4.74 Å². The maximum atomic E-state index is 13.6. The third-order valence-corrected chi connectivity index (χ3v) is 3.11. The van der Waals surface area contributed by atoms with E-state index in [1.807, 2.05) is 0 Å². The molecule has 0 spiro atoms. The smallest absolute Gasteiger partial charge is 0.264 e. The van der Waals surface area contributed by atoms with Crippen molar-refractivity contribution in [3.63, 3.8) is 0 Å². The Bertz CT molecular complexity index is 633. The molecule has 0 bridgehead atoms. The van der Waals surface area contributed by atoms with Crippen molar-refractivity contribution in [2.24, 2.45) is 0 Å². The lowest BCUT2D eigenvalue weighted by Gasteiger charge is -2.09. The zero-order valence-electron chi connectivity index (χ0n) is 9.57. The Kier molecular flexibility index (Phi) is 3.24. The number of fused-ring (bicyclic) bond motifs is 1. The second kappa shape index (κ2) is 4.55. The van der Waals surface area contributed by atoms with Gasteiger partial charge in [-0.2, -0.15) is 13.7 Å². The van der Waals surface area contributed by atoms with Gasteiger partial charge in [-0.25, -0.2) is 4.39 Å². The first-order chi connectivity index (χ1) is 8.42. The van der Waals surface area contributed by atoms with Gasteiger partial charge in [-0.1, -0.05) is 0 Å². The number of hydrogen-bond donors (Lipinski definition) is 0. The van der Waals surface area contributed by atoms with Crippen molar-refractivity contribution in [2.75, 3.05) is 12.9 Å². The second-order valence-electron chi connectivity index (χ2n) is 3.88. The lowest BCUT2D eigenvalue weighted by Crippen LogP contribution is -2.05. The summed E-state index contributed by atoms with van der Waals surface area (Å²) in [6.45, 7) is 0.0898. The van der Waals surface area contributed by atoms with Crippen LogP contribution in [0.5, 0.6) is 5.75 Å². The SMILES string of the molecule is CS(=O)(=O)OCc1cc(F)c(C#N)c2c1CCO2. The van der Waals surface area contributed by atoms with E-state index in [0.29, 0.717) is 24.2 Å². The monoisotopic (exact) mass is 271 g/mol. The highest BCUT2D eigenvalue weighted by molar-refractivity contribution is 7.85. The van der Waals surface area contributed by atoms with E-state index in [4.69, 9.17) is 10.00 Å². The Morgan fingerprint density at radius 2 is 2.33 bits per heavy atom. The van der Waals surface area contributed by atoms with Gasteiger partial charge in [0.2, 0.25) is 0 Å². The molecule has 1 aliphatic heterocycles. The molecule has 0 aliphatic carbocycles. The Morgan fingerprint density at radius 3 is 2.94 bits per heavy atom. The normalized spacial score (nSPS) is 13.8. The first-order valence-electron chi connectivity index (χ1n) is 5.14. The molecule has 0 saturated heterocycles. The van der Waals surface area contributed by atoms with Gasteiger partial charge in [-0.3, -0.25) is 4.18 Å². The first-order valence-corrected chi connectivity index (χ1v) is 6.95. The molecule has 18 heavy (non-hydrogen) atoms. The summed E-state index contributed by atoms with van der Waals surface area (Å²) in [6.07, 6.45) is 1.43. The van der Waals surface area contributed by atoms with E-state index in [0.717, 1.165) is 12.3 Å². The van der Waals surface area contributed by atoms with Crippen molar-refractivity contribution in [2.45, 2.75) is 13.0 Å². The summed E-state index contributed by atoms with van der Waals surface area (Å²) < 4.78 is 45.3. The lowest BCUT2D eigenvalue weighted by atomic mass is 10.0. The van der Waals surface area contributed by atoms with Gasteiger partial charge in [-0.15, -0.1) is 0 Å². The van der Waals surface area contributed by atoms with Crippen LogP contribution in [0.15, 0.2) is 6.07 Å². The summed E-state index contributed by atoms with van der Waals surface area (Å²) in [7, 11) is -3.60. The highest BCUT2D eigenvalue weighted by Crippen LogP contribution is 2.34. The molecule has 1 aliphatic rings. The molecular formula is C11H10FNO4S. The number of rotatable bonds is 3. The standard InChI is InChI=1S/C11H10FNO4S/c1-18(14,15)17-6-7-4-10(12)9(5-13)11-8(7)2-3-16-11/h4H,2-3,6H2,1H3. The predicted molar refractivity (Wildman–Crippen MR) is 59.9 cm³/mol. The second-order valence-corrected chi connectivity index (χ2v) is 5.52. The zero-order chi connectivity index (χ0) is 13.3. The molecule has 0 N–H and O–H groups in total. The van der Waals surface area contributed by atoms with E-state index in [9.17, 15) is 12.8 Å². The average Bonchev–Trinajstić information content (AvgIpc) is 2.73. The summed E-state index contributed by atoms with van der Waals surface area (Å²) in [5.74, 6) is -0.533. The first kappa shape index (κ1) is 12.8. The Balaban J connectivity index is 2.42. The van der Waals surface area contributed by atoms with E-state index in [1.165, 1.54) is 0 Å². The van der Waals surface area contributed by atoms with Gasteiger partial charge in [-0.05, 0) is 11.6 Å². The maximum absolute atomic E-state index is 13.6. The zero-order valence-corrected chi connectivity index (χ0v) is 10.4. The Hall–Kier alpha value is -1.65. The van der Waals surface area contributed by atoms with Crippen LogP contribution in [0.1, 0.15) is 16.7 Å². The van der Waals surface area contributed by atoms with Gasteiger partial charge in [0.15, 0.2) is 0 Å². The molecule has 0 fully saturated rings. The number of hydrogen-bond acceptors (Lipinski definition) is 5. The van der Waals surface area contributed by atoms with Gasteiger partial charge >= 0.3 is 0 Å². The molecule has 0 atom stereocenters. The van der Waals surface area contributed by atoms with Crippen LogP contribution in [0.25, 0.3) is 0 Å². The molecule has 1 heterocycles. The topological polar surface area (TPSA) is 76.4 Å². The molecule has 0 saturated carbocycles. The van der Waals surface area contributed by atoms with Crippen molar-refractivity contribution in [3.05, 3.63) is 28.6 Å². The minimum absolute atomic E-state index is 0.148. The van der Waals surface area contributed by atoms with Gasteiger partial charge in [0, 0.05) is 12.0 Å². The highest BCUT2D eigenvalue weighted by Gasteiger charge is 2.24. The van der Waals surface area contributed by atoms with E-state index >= 15 is 0 Å². The van der Waals surface area contributed by atoms with E-state index in [-0.39, 0.29) is 17.9 Å². The van der Waals surface area contributed by atoms with Crippen LogP contribution in [0.2, 0.25) is 0 Å². The quantitative estimate of drug-likeness (QED) is 0.770. The number of ether oxygens (including phenoxy) is 1. The Morgan fingerprint density at radius 1 is 1.61 bits per heavy atom. The van der Waals surface area contributed by atoms with Gasteiger partial charge in [0.1, 0.15) is 23.2 Å². The summed E-state index contributed by atoms with van der Waals surface area (Å²) in [6, 6.07) is 2.86. The van der Waals surface area contributed by atoms with Gasteiger partial charge < -0.3 is 4.74 Å². The molecule has 1 aromatic carbocycles. The number of benzene rings is 1. The summed E-state index contributed by atoms with van der Waals surface area (Å²) in [5, 5.41) is 8.84. The molecule has 96 valence electrons. The van der Waals surface area contributed by atoms with Crippen LogP contribution >= 0.6 is 0 Å². The third-order valence-electron chi connectivity index (χ3n) is 2.57. The fourth-order valence-electron chi connectivity index (χ4n) is 1.81.